The highest BCUT2D eigenvalue weighted by atomic mass is 15.1. The lowest BCUT2D eigenvalue weighted by molar-refractivity contribution is 0.660. The fourth-order valence-corrected chi connectivity index (χ4v) is 9.57. The molecule has 0 atom stereocenters. The molecule has 1 heteroatoms. The molecule has 9 aromatic rings. The largest absolute Gasteiger partial charge is 0.310 e. The second kappa shape index (κ2) is 14.8. The molecule has 59 heavy (non-hydrogen) atoms. The Morgan fingerprint density at radius 3 is 1.64 bits per heavy atom. The Bertz CT molecular complexity index is 2920. The molecule has 0 spiro atoms. The van der Waals surface area contributed by atoms with Crippen LogP contribution in [0.25, 0.3) is 66.4 Å². The quantitative estimate of drug-likeness (QED) is 0.149. The van der Waals surface area contributed by atoms with Crippen LogP contribution in [0.4, 0.5) is 17.1 Å². The van der Waals surface area contributed by atoms with Gasteiger partial charge >= 0.3 is 0 Å². The molecule has 0 aromatic heterocycles. The lowest BCUT2D eigenvalue weighted by atomic mass is 9.82. The SMILES string of the molecule is CC(C)c1ccccc1-c1c(N(c2ccc(-c3c(-c4ccccc4)cccc3-c3ccccc3)cc2)c2ccc3c(c2)C(C)(C)c2ccccc2-3)ccc2ccccc12. The van der Waals surface area contributed by atoms with E-state index in [9.17, 15) is 0 Å². The lowest BCUT2D eigenvalue weighted by Gasteiger charge is -2.31. The average molecular weight is 758 g/mol. The molecule has 0 saturated carbocycles. The molecule has 1 aliphatic rings. The Kier molecular flexibility index (Phi) is 9.11. The molecule has 0 unspecified atom stereocenters. The van der Waals surface area contributed by atoms with E-state index in [2.05, 4.69) is 239 Å². The van der Waals surface area contributed by atoms with Gasteiger partial charge in [-0.2, -0.15) is 0 Å². The van der Waals surface area contributed by atoms with Crippen LogP contribution in [0.3, 0.4) is 0 Å². The fourth-order valence-electron chi connectivity index (χ4n) is 9.57. The molecule has 0 N–H and O–H groups in total. The van der Waals surface area contributed by atoms with E-state index < -0.39 is 0 Å². The van der Waals surface area contributed by atoms with Crippen molar-refractivity contribution in [3.63, 3.8) is 0 Å². The summed E-state index contributed by atoms with van der Waals surface area (Å²) >= 11 is 0. The molecular formula is C58H47N. The summed E-state index contributed by atoms with van der Waals surface area (Å²) in [5.41, 5.74) is 19.8. The molecule has 284 valence electrons. The molecule has 0 radical (unpaired) electrons. The van der Waals surface area contributed by atoms with Crippen molar-refractivity contribution < 1.29 is 0 Å². The number of fused-ring (bicyclic) bond motifs is 4. The first-order valence-corrected chi connectivity index (χ1v) is 20.9. The number of nitrogens with zero attached hydrogens (tertiary/aromatic N) is 1. The second-order valence-corrected chi connectivity index (χ2v) is 16.7. The summed E-state index contributed by atoms with van der Waals surface area (Å²) in [6, 6.07) is 76.1. The van der Waals surface area contributed by atoms with Crippen LogP contribution in [0, 0.1) is 0 Å². The molecule has 0 saturated heterocycles. The van der Waals surface area contributed by atoms with Gasteiger partial charge in [0, 0.05) is 22.4 Å². The van der Waals surface area contributed by atoms with Gasteiger partial charge in [0.25, 0.3) is 0 Å². The second-order valence-electron chi connectivity index (χ2n) is 16.7. The zero-order valence-electron chi connectivity index (χ0n) is 34.2. The van der Waals surface area contributed by atoms with Gasteiger partial charge in [0.2, 0.25) is 0 Å². The summed E-state index contributed by atoms with van der Waals surface area (Å²) < 4.78 is 0. The van der Waals surface area contributed by atoms with Gasteiger partial charge < -0.3 is 4.90 Å². The molecular weight excluding hydrogens is 711 g/mol. The molecule has 1 aliphatic carbocycles. The van der Waals surface area contributed by atoms with Crippen LogP contribution in [0.1, 0.15) is 50.3 Å². The predicted molar refractivity (Wildman–Crippen MR) is 252 cm³/mol. The van der Waals surface area contributed by atoms with Gasteiger partial charge in [-0.15, -0.1) is 0 Å². The summed E-state index contributed by atoms with van der Waals surface area (Å²) in [6.45, 7) is 9.35. The average Bonchev–Trinajstić information content (AvgIpc) is 3.52. The van der Waals surface area contributed by atoms with E-state index in [-0.39, 0.29) is 5.41 Å². The zero-order valence-corrected chi connectivity index (χ0v) is 34.2. The number of hydrogen-bond acceptors (Lipinski definition) is 1. The third kappa shape index (κ3) is 6.26. The highest BCUT2D eigenvalue weighted by molar-refractivity contribution is 6.06. The van der Waals surface area contributed by atoms with Crippen molar-refractivity contribution in [3.05, 3.63) is 223 Å². The van der Waals surface area contributed by atoms with Gasteiger partial charge in [0.15, 0.2) is 0 Å². The van der Waals surface area contributed by atoms with Gasteiger partial charge in [-0.25, -0.2) is 0 Å². The Labute approximate surface area is 348 Å². The van der Waals surface area contributed by atoms with Gasteiger partial charge in [0.05, 0.1) is 5.69 Å². The lowest BCUT2D eigenvalue weighted by Crippen LogP contribution is -2.17. The third-order valence-electron chi connectivity index (χ3n) is 12.5. The molecule has 10 rings (SSSR count). The van der Waals surface area contributed by atoms with E-state index in [1.165, 1.54) is 83.1 Å². The summed E-state index contributed by atoms with van der Waals surface area (Å²) in [6.07, 6.45) is 0. The highest BCUT2D eigenvalue weighted by Crippen LogP contribution is 2.52. The monoisotopic (exact) mass is 757 g/mol. The van der Waals surface area contributed by atoms with Gasteiger partial charge in [-0.3, -0.25) is 0 Å². The van der Waals surface area contributed by atoms with Crippen LogP contribution in [0.15, 0.2) is 206 Å². The number of benzene rings is 9. The minimum Gasteiger partial charge on any atom is -0.310 e. The summed E-state index contributed by atoms with van der Waals surface area (Å²) in [7, 11) is 0. The molecule has 0 aliphatic heterocycles. The maximum Gasteiger partial charge on any atom is 0.0546 e. The molecule has 1 nitrogen and oxygen atoms in total. The minimum atomic E-state index is -0.136. The van der Waals surface area contributed by atoms with E-state index in [0.29, 0.717) is 5.92 Å². The smallest absolute Gasteiger partial charge is 0.0546 e. The van der Waals surface area contributed by atoms with E-state index in [0.717, 1.165) is 17.1 Å². The van der Waals surface area contributed by atoms with Crippen molar-refractivity contribution in [2.45, 2.75) is 39.0 Å². The van der Waals surface area contributed by atoms with E-state index in [1.807, 2.05) is 0 Å². The standard InChI is InChI=1S/C58H47N/c1-39(2)46-23-13-14-26-52(46)57-49-24-12-11-22-42(49)32-37-55(57)59(45-35-36-51-50-25-15-16-29-53(50)58(3,4)54(51)38-45)44-33-30-43(31-34-44)56-47(40-18-7-5-8-19-40)27-17-28-48(56)41-20-9-6-10-21-41/h5-39H,1-4H3. The fraction of sp³-hybridized carbons (Fsp3) is 0.103. The molecule has 0 heterocycles. The van der Waals surface area contributed by atoms with Crippen LogP contribution in [0.5, 0.6) is 0 Å². The van der Waals surface area contributed by atoms with Crippen LogP contribution in [-0.4, -0.2) is 0 Å². The van der Waals surface area contributed by atoms with Crippen molar-refractivity contribution in [3.8, 4) is 55.6 Å². The van der Waals surface area contributed by atoms with Crippen LogP contribution in [0.2, 0.25) is 0 Å². The molecule has 0 bridgehead atoms. The van der Waals surface area contributed by atoms with Crippen molar-refractivity contribution in [2.24, 2.45) is 0 Å². The number of rotatable bonds is 8. The van der Waals surface area contributed by atoms with Crippen molar-refractivity contribution >= 4 is 27.8 Å². The van der Waals surface area contributed by atoms with Gasteiger partial charge in [-0.1, -0.05) is 204 Å². The first-order valence-electron chi connectivity index (χ1n) is 20.9. The highest BCUT2D eigenvalue weighted by Gasteiger charge is 2.36. The van der Waals surface area contributed by atoms with Crippen molar-refractivity contribution in [1.29, 1.82) is 0 Å². The first kappa shape index (κ1) is 36.4. The minimum absolute atomic E-state index is 0.136. The Morgan fingerprint density at radius 1 is 0.390 bits per heavy atom. The van der Waals surface area contributed by atoms with Gasteiger partial charge in [0.1, 0.15) is 0 Å². The zero-order chi connectivity index (χ0) is 40.1. The topological polar surface area (TPSA) is 3.24 Å². The Hall–Kier alpha value is -6.96. The normalized spacial score (nSPS) is 12.7. The third-order valence-corrected chi connectivity index (χ3v) is 12.5. The van der Waals surface area contributed by atoms with Gasteiger partial charge in [-0.05, 0) is 114 Å². The Morgan fingerprint density at radius 2 is 0.949 bits per heavy atom. The summed E-state index contributed by atoms with van der Waals surface area (Å²) in [5, 5.41) is 2.48. The molecule has 0 fully saturated rings. The van der Waals surface area contributed by atoms with Crippen LogP contribution >= 0.6 is 0 Å². The summed E-state index contributed by atoms with van der Waals surface area (Å²) in [5.74, 6) is 0.355. The van der Waals surface area contributed by atoms with Crippen molar-refractivity contribution in [2.75, 3.05) is 4.90 Å². The maximum atomic E-state index is 2.50. The Balaban J connectivity index is 1.22. The first-order chi connectivity index (χ1) is 28.9. The number of hydrogen-bond donors (Lipinski definition) is 0. The van der Waals surface area contributed by atoms with E-state index in [4.69, 9.17) is 0 Å². The summed E-state index contributed by atoms with van der Waals surface area (Å²) in [4.78, 5) is 2.50. The van der Waals surface area contributed by atoms with E-state index in [1.54, 1.807) is 0 Å². The molecule has 9 aromatic carbocycles. The predicted octanol–water partition coefficient (Wildman–Crippen LogP) is 16.4. The van der Waals surface area contributed by atoms with Crippen LogP contribution < -0.4 is 4.90 Å². The van der Waals surface area contributed by atoms with E-state index >= 15 is 0 Å². The number of anilines is 3. The maximum absolute atomic E-state index is 2.50. The van der Waals surface area contributed by atoms with Crippen molar-refractivity contribution in [1.82, 2.24) is 0 Å². The van der Waals surface area contributed by atoms with Crippen LogP contribution in [-0.2, 0) is 5.41 Å². The molecule has 0 amide bonds.